The Morgan fingerprint density at radius 2 is 2.00 bits per heavy atom. The van der Waals surface area contributed by atoms with Crippen LogP contribution in [0.5, 0.6) is 0 Å². The largest absolute Gasteiger partial charge is 0.334 e. The lowest BCUT2D eigenvalue weighted by molar-refractivity contribution is 0.0771. The number of hydrogen-bond donors (Lipinski definition) is 0. The Labute approximate surface area is 156 Å². The number of hydrogen-bond acceptors (Lipinski definition) is 5. The second-order valence-electron chi connectivity index (χ2n) is 6.56. The lowest BCUT2D eigenvalue weighted by Crippen LogP contribution is -2.35. The normalized spacial score (nSPS) is 14.3. The molecule has 0 aliphatic carbocycles. The summed E-state index contributed by atoms with van der Waals surface area (Å²) in [4.78, 5) is 39.3. The van der Waals surface area contributed by atoms with E-state index in [-0.39, 0.29) is 11.5 Å². The Bertz CT molecular complexity index is 1120. The Morgan fingerprint density at radius 1 is 1.15 bits per heavy atom. The van der Waals surface area contributed by atoms with E-state index in [2.05, 4.69) is 15.0 Å². The van der Waals surface area contributed by atoms with Crippen LogP contribution < -0.4 is 5.56 Å². The van der Waals surface area contributed by atoms with Crippen molar-refractivity contribution >= 4 is 22.6 Å². The van der Waals surface area contributed by atoms with Gasteiger partial charge in [-0.2, -0.15) is 4.98 Å². The van der Waals surface area contributed by atoms with E-state index in [0.29, 0.717) is 41.9 Å². The van der Waals surface area contributed by atoms with Crippen LogP contribution in [0, 0.1) is 13.8 Å². The zero-order chi connectivity index (χ0) is 19.0. The molecule has 3 aromatic rings. The molecule has 7 nitrogen and oxygen atoms in total. The molecular formula is C20H19N5O2. The summed E-state index contributed by atoms with van der Waals surface area (Å²) in [5.41, 5.74) is 2.80. The summed E-state index contributed by atoms with van der Waals surface area (Å²) in [5, 5.41) is 0.494. The predicted molar refractivity (Wildman–Crippen MR) is 102 cm³/mol. The molecule has 0 unspecified atom stereocenters. The van der Waals surface area contributed by atoms with Crippen molar-refractivity contribution in [2.75, 3.05) is 13.1 Å². The highest BCUT2D eigenvalue weighted by atomic mass is 16.2. The number of nitrogens with zero attached hydrogens (tertiary/aromatic N) is 5. The van der Waals surface area contributed by atoms with Crippen molar-refractivity contribution in [3.8, 4) is 0 Å². The fraction of sp³-hybridized carbons (Fsp3) is 0.250. The second-order valence-corrected chi connectivity index (χ2v) is 6.56. The molecule has 1 aliphatic heterocycles. The number of fused-ring (bicyclic) bond motifs is 1. The monoisotopic (exact) mass is 361 g/mol. The van der Waals surface area contributed by atoms with Gasteiger partial charge >= 0.3 is 0 Å². The summed E-state index contributed by atoms with van der Waals surface area (Å²) >= 11 is 0. The van der Waals surface area contributed by atoms with E-state index in [0.717, 1.165) is 11.4 Å². The molecule has 3 aromatic heterocycles. The van der Waals surface area contributed by atoms with Gasteiger partial charge in [0.05, 0.1) is 10.9 Å². The van der Waals surface area contributed by atoms with Crippen molar-refractivity contribution in [1.29, 1.82) is 0 Å². The van der Waals surface area contributed by atoms with Gasteiger partial charge in [-0.15, -0.1) is 0 Å². The van der Waals surface area contributed by atoms with Gasteiger partial charge in [0.25, 0.3) is 11.5 Å². The summed E-state index contributed by atoms with van der Waals surface area (Å²) in [5.74, 6) is 0.565. The Kier molecular flexibility index (Phi) is 4.27. The van der Waals surface area contributed by atoms with Gasteiger partial charge in [0.1, 0.15) is 5.82 Å². The minimum atomic E-state index is -0.271. The molecule has 0 aromatic carbocycles. The molecule has 0 fully saturated rings. The third kappa shape index (κ3) is 3.12. The Morgan fingerprint density at radius 3 is 2.70 bits per heavy atom. The third-order valence-electron chi connectivity index (χ3n) is 4.73. The van der Waals surface area contributed by atoms with Crippen LogP contribution in [0.25, 0.3) is 16.7 Å². The highest BCUT2D eigenvalue weighted by Crippen LogP contribution is 2.22. The second kappa shape index (κ2) is 6.75. The first kappa shape index (κ1) is 17.1. The number of aromatic nitrogens is 4. The minimum absolute atomic E-state index is 0.0319. The van der Waals surface area contributed by atoms with E-state index in [4.69, 9.17) is 0 Å². The summed E-state index contributed by atoms with van der Waals surface area (Å²) in [6.07, 6.45) is 5.93. The zero-order valence-electron chi connectivity index (χ0n) is 15.2. The number of carbonyl (C=O) groups excluding carboxylic acids is 1. The maximum atomic E-state index is 12.7. The summed E-state index contributed by atoms with van der Waals surface area (Å²) < 4.78 is 1.91. The first-order valence-corrected chi connectivity index (χ1v) is 8.80. The molecule has 0 radical (unpaired) electrons. The summed E-state index contributed by atoms with van der Waals surface area (Å²) in [6, 6.07) is 7.11. The summed E-state index contributed by atoms with van der Waals surface area (Å²) in [6.45, 7) is 4.76. The van der Waals surface area contributed by atoms with Crippen molar-refractivity contribution in [3.63, 3.8) is 0 Å². The molecule has 0 bridgehead atoms. The van der Waals surface area contributed by atoms with Gasteiger partial charge in [0, 0.05) is 43.3 Å². The molecule has 0 N–H and O–H groups in total. The highest BCUT2D eigenvalue weighted by molar-refractivity contribution is 5.94. The first-order valence-electron chi connectivity index (χ1n) is 8.80. The first-order chi connectivity index (χ1) is 13.0. The number of rotatable bonds is 2. The van der Waals surface area contributed by atoms with Crippen molar-refractivity contribution in [2.45, 2.75) is 20.3 Å². The van der Waals surface area contributed by atoms with Crippen molar-refractivity contribution < 1.29 is 4.79 Å². The smallest absolute Gasteiger partial charge is 0.282 e. The van der Waals surface area contributed by atoms with Gasteiger partial charge in [-0.1, -0.05) is 0 Å². The number of carbonyl (C=O) groups is 1. The van der Waals surface area contributed by atoms with Crippen LogP contribution >= 0.6 is 0 Å². The minimum Gasteiger partial charge on any atom is -0.334 e. The van der Waals surface area contributed by atoms with E-state index in [9.17, 15) is 9.59 Å². The van der Waals surface area contributed by atoms with Gasteiger partial charge in [-0.05, 0) is 44.2 Å². The maximum absolute atomic E-state index is 12.7. The van der Waals surface area contributed by atoms with Crippen molar-refractivity contribution in [3.05, 3.63) is 70.2 Å². The van der Waals surface area contributed by atoms with Crippen LogP contribution in [0.4, 0.5) is 0 Å². The molecule has 1 aliphatic rings. The SMILES string of the molecule is Cc1ccc(C(=O)N2CC=C(n3c(C)nc(=O)c4cccnc43)CC2)cn1. The third-order valence-corrected chi connectivity index (χ3v) is 4.73. The molecule has 0 atom stereocenters. The standard InChI is InChI=1S/C20H19N5O2/c1-13-5-6-15(12-22-13)20(27)24-10-7-16(8-11-24)25-14(2)23-19(26)17-4-3-9-21-18(17)25/h3-7,9,12H,8,10-11H2,1-2H3. The van der Waals surface area contributed by atoms with E-state index in [1.807, 2.05) is 23.6 Å². The molecule has 0 spiro atoms. The van der Waals surface area contributed by atoms with Crippen molar-refractivity contribution in [2.24, 2.45) is 0 Å². The molecule has 1 amide bonds. The van der Waals surface area contributed by atoms with Gasteiger partial charge in [0.15, 0.2) is 5.65 Å². The van der Waals surface area contributed by atoms with Crippen molar-refractivity contribution in [1.82, 2.24) is 24.4 Å². The van der Waals surface area contributed by atoms with Gasteiger partial charge in [-0.25, -0.2) is 4.98 Å². The Hall–Kier alpha value is -3.35. The molecule has 0 saturated carbocycles. The van der Waals surface area contributed by atoms with Crippen LogP contribution in [0.2, 0.25) is 0 Å². The topological polar surface area (TPSA) is 81.0 Å². The van der Waals surface area contributed by atoms with Crippen LogP contribution in [0.15, 0.2) is 47.5 Å². The van der Waals surface area contributed by atoms with Crippen LogP contribution in [-0.2, 0) is 0 Å². The molecule has 0 saturated heterocycles. The van der Waals surface area contributed by atoms with E-state index >= 15 is 0 Å². The molecule has 136 valence electrons. The summed E-state index contributed by atoms with van der Waals surface area (Å²) in [7, 11) is 0. The van der Waals surface area contributed by atoms with Gasteiger partial charge < -0.3 is 4.90 Å². The van der Waals surface area contributed by atoms with Gasteiger partial charge in [0.2, 0.25) is 0 Å². The average Bonchev–Trinajstić information content (AvgIpc) is 2.69. The molecule has 4 heterocycles. The zero-order valence-corrected chi connectivity index (χ0v) is 15.2. The average molecular weight is 361 g/mol. The number of amides is 1. The van der Waals surface area contributed by atoms with E-state index in [1.54, 1.807) is 42.4 Å². The number of pyridine rings is 2. The molecule has 7 heteroatoms. The quantitative estimate of drug-likeness (QED) is 0.699. The fourth-order valence-electron chi connectivity index (χ4n) is 3.32. The Balaban J connectivity index is 1.65. The van der Waals surface area contributed by atoms with Gasteiger partial charge in [-0.3, -0.25) is 19.1 Å². The predicted octanol–water partition coefficient (Wildman–Crippen LogP) is 2.19. The molecule has 4 rings (SSSR count). The molecular weight excluding hydrogens is 342 g/mol. The van der Waals surface area contributed by atoms with Crippen LogP contribution in [-0.4, -0.2) is 43.4 Å². The van der Waals surface area contributed by atoms with E-state index in [1.165, 1.54) is 0 Å². The van der Waals surface area contributed by atoms with E-state index < -0.39 is 0 Å². The highest BCUT2D eigenvalue weighted by Gasteiger charge is 2.21. The molecule has 27 heavy (non-hydrogen) atoms. The van der Waals surface area contributed by atoms with Crippen LogP contribution in [0.3, 0.4) is 0 Å². The van der Waals surface area contributed by atoms with Crippen LogP contribution in [0.1, 0.15) is 28.3 Å². The number of aryl methyl sites for hydroxylation is 2. The lowest BCUT2D eigenvalue weighted by atomic mass is 10.1. The fourth-order valence-corrected chi connectivity index (χ4v) is 3.32. The maximum Gasteiger partial charge on any atom is 0.282 e. The lowest BCUT2D eigenvalue weighted by Gasteiger charge is -2.28.